The van der Waals surface area contributed by atoms with E-state index in [2.05, 4.69) is 10.3 Å². The molecule has 0 spiro atoms. The number of nitrogen functional groups attached to an aromatic ring is 1. The maximum Gasteiger partial charge on any atom is 0.389 e. The number of nitrogens with two attached hydrogens (primary N) is 1. The maximum absolute atomic E-state index is 12.6. The molecule has 0 unspecified atom stereocenters. The van der Waals surface area contributed by atoms with E-state index >= 15 is 0 Å². The highest BCUT2D eigenvalue weighted by Crippen LogP contribution is 2.32. The third-order valence-corrected chi connectivity index (χ3v) is 5.55. The Labute approximate surface area is 185 Å². The number of aryl methyl sites for hydroxylation is 1. The molecule has 1 atom stereocenters. The second kappa shape index (κ2) is 9.64. The van der Waals surface area contributed by atoms with E-state index in [0.29, 0.717) is 36.8 Å². The molecule has 4 N–H and O–H groups in total. The summed E-state index contributed by atoms with van der Waals surface area (Å²) in [6.45, 7) is 2.69. The Balaban J connectivity index is 1.76. The lowest BCUT2D eigenvalue weighted by molar-refractivity contribution is -0.143. The molecule has 2 amide bonds. The molecule has 2 aromatic rings. The number of alkyl halides is 3. The number of carbonyl (C=O) groups excluding carboxylic acids is 1. The van der Waals surface area contributed by atoms with Gasteiger partial charge in [-0.1, -0.05) is 6.07 Å². The summed E-state index contributed by atoms with van der Waals surface area (Å²) >= 11 is 0. The third kappa shape index (κ3) is 6.03. The molecule has 32 heavy (non-hydrogen) atoms. The van der Waals surface area contributed by atoms with Crippen LogP contribution in [0.5, 0.6) is 0 Å². The van der Waals surface area contributed by atoms with E-state index in [1.165, 1.54) is 4.90 Å². The number of benzene rings is 1. The quantitative estimate of drug-likeness (QED) is 0.620. The fourth-order valence-corrected chi connectivity index (χ4v) is 3.88. The van der Waals surface area contributed by atoms with Gasteiger partial charge in [-0.2, -0.15) is 13.2 Å². The molecule has 0 saturated carbocycles. The Hall–Kier alpha value is -3.01. The van der Waals surface area contributed by atoms with Crippen LogP contribution >= 0.6 is 0 Å². The van der Waals surface area contributed by atoms with Crippen LogP contribution in [0.15, 0.2) is 30.3 Å². The van der Waals surface area contributed by atoms with Gasteiger partial charge in [0.15, 0.2) is 0 Å². The predicted molar refractivity (Wildman–Crippen MR) is 119 cm³/mol. The minimum absolute atomic E-state index is 0.0246. The van der Waals surface area contributed by atoms with Gasteiger partial charge in [0.2, 0.25) is 0 Å². The van der Waals surface area contributed by atoms with Gasteiger partial charge in [-0.05, 0) is 60.2 Å². The molecule has 10 heteroatoms. The van der Waals surface area contributed by atoms with E-state index in [0.717, 1.165) is 16.7 Å². The molecule has 1 aliphatic heterocycles. The largest absolute Gasteiger partial charge is 0.395 e. The van der Waals surface area contributed by atoms with Crippen LogP contribution in [0.1, 0.15) is 18.4 Å². The lowest BCUT2D eigenvalue weighted by atomic mass is 10.00. The van der Waals surface area contributed by atoms with Gasteiger partial charge in [0.25, 0.3) is 0 Å². The van der Waals surface area contributed by atoms with Gasteiger partial charge < -0.3 is 26.0 Å². The standard InChI is InChI=1S/C22H28F3N5O2/c1-14-3-4-17(27-21(32)30-6-5-15(13-30)12-22(23,24)25)11-18(14)16-9-19(26)28-20(10-16)29(2)7-8-31/h3-4,9-11,15,31H,5-8,12-13H2,1-2H3,(H2,26,28)(H,27,32)/t15-/m0/s1. The number of amides is 2. The van der Waals surface area contributed by atoms with Crippen molar-refractivity contribution >= 4 is 23.4 Å². The van der Waals surface area contributed by atoms with Gasteiger partial charge in [-0.3, -0.25) is 0 Å². The van der Waals surface area contributed by atoms with Crippen LogP contribution in [-0.4, -0.2) is 60.5 Å². The molecule has 3 rings (SSSR count). The minimum atomic E-state index is -4.22. The maximum atomic E-state index is 12.6. The van der Waals surface area contributed by atoms with E-state index < -0.39 is 24.5 Å². The highest BCUT2D eigenvalue weighted by atomic mass is 19.4. The second-order valence-electron chi connectivity index (χ2n) is 8.16. The van der Waals surface area contributed by atoms with E-state index in [1.54, 1.807) is 30.1 Å². The molecule has 7 nitrogen and oxygen atoms in total. The topological polar surface area (TPSA) is 94.7 Å². The number of anilines is 3. The zero-order chi connectivity index (χ0) is 23.5. The van der Waals surface area contributed by atoms with Crippen molar-refractivity contribution in [2.75, 3.05) is 49.2 Å². The summed E-state index contributed by atoms with van der Waals surface area (Å²) in [6, 6.07) is 8.58. The highest BCUT2D eigenvalue weighted by molar-refractivity contribution is 5.91. The van der Waals surface area contributed by atoms with Crippen LogP contribution in [-0.2, 0) is 0 Å². The number of pyridine rings is 1. The lowest BCUT2D eigenvalue weighted by Crippen LogP contribution is -2.33. The number of nitrogens with one attached hydrogen (secondary N) is 1. The number of likely N-dealkylation sites (tertiary alicyclic amines) is 1. The lowest BCUT2D eigenvalue weighted by Gasteiger charge is -2.20. The Kier molecular flexibility index (Phi) is 7.12. The van der Waals surface area contributed by atoms with E-state index in [9.17, 15) is 23.1 Å². The first kappa shape index (κ1) is 23.6. The van der Waals surface area contributed by atoms with Crippen molar-refractivity contribution in [2.24, 2.45) is 5.92 Å². The summed E-state index contributed by atoms with van der Waals surface area (Å²) in [4.78, 5) is 20.1. The minimum Gasteiger partial charge on any atom is -0.395 e. The van der Waals surface area contributed by atoms with Crippen molar-refractivity contribution in [3.05, 3.63) is 35.9 Å². The number of urea groups is 1. The van der Waals surface area contributed by atoms with Crippen molar-refractivity contribution in [1.82, 2.24) is 9.88 Å². The number of likely N-dealkylation sites (N-methyl/N-ethyl adjacent to an activating group) is 1. The summed E-state index contributed by atoms with van der Waals surface area (Å²) in [7, 11) is 1.80. The Morgan fingerprint density at radius 1 is 1.34 bits per heavy atom. The average Bonchev–Trinajstić information content (AvgIpc) is 3.16. The number of aliphatic hydroxyl groups is 1. The average molecular weight is 451 g/mol. The predicted octanol–water partition coefficient (Wildman–Crippen LogP) is 3.87. The third-order valence-electron chi connectivity index (χ3n) is 5.55. The fourth-order valence-electron chi connectivity index (χ4n) is 3.88. The number of aromatic nitrogens is 1. The second-order valence-corrected chi connectivity index (χ2v) is 8.16. The zero-order valence-corrected chi connectivity index (χ0v) is 18.1. The summed E-state index contributed by atoms with van der Waals surface area (Å²) in [6.07, 6.45) is -4.76. The van der Waals surface area contributed by atoms with Crippen LogP contribution in [0.3, 0.4) is 0 Å². The highest BCUT2D eigenvalue weighted by Gasteiger charge is 2.36. The van der Waals surface area contributed by atoms with Crippen LogP contribution in [0, 0.1) is 12.8 Å². The Morgan fingerprint density at radius 2 is 2.09 bits per heavy atom. The molecule has 0 aliphatic carbocycles. The molecular weight excluding hydrogens is 423 g/mol. The number of hydrogen-bond acceptors (Lipinski definition) is 5. The first-order chi connectivity index (χ1) is 15.1. The normalized spacial score (nSPS) is 16.3. The van der Waals surface area contributed by atoms with Crippen LogP contribution < -0.4 is 16.0 Å². The van der Waals surface area contributed by atoms with E-state index in [-0.39, 0.29) is 13.2 Å². The molecular formula is C22H28F3N5O2. The van der Waals surface area contributed by atoms with Crippen molar-refractivity contribution in [1.29, 1.82) is 0 Å². The SMILES string of the molecule is Cc1ccc(NC(=O)N2CC[C@@H](CC(F)(F)F)C2)cc1-c1cc(N)nc(N(C)CCO)c1. The molecule has 1 fully saturated rings. The first-order valence-corrected chi connectivity index (χ1v) is 10.4. The summed E-state index contributed by atoms with van der Waals surface area (Å²) in [5.41, 5.74) is 9.12. The van der Waals surface area contributed by atoms with Crippen LogP contribution in [0.25, 0.3) is 11.1 Å². The summed E-state index contributed by atoms with van der Waals surface area (Å²) in [5, 5.41) is 12.0. The number of aliphatic hydroxyl groups excluding tert-OH is 1. The van der Waals surface area contributed by atoms with Gasteiger partial charge >= 0.3 is 12.2 Å². The molecule has 1 aromatic heterocycles. The molecule has 1 aromatic carbocycles. The van der Waals surface area contributed by atoms with Gasteiger partial charge in [0.05, 0.1) is 6.61 Å². The zero-order valence-electron chi connectivity index (χ0n) is 18.1. The number of nitrogens with zero attached hydrogens (tertiary/aromatic N) is 3. The molecule has 174 valence electrons. The molecule has 0 radical (unpaired) electrons. The van der Waals surface area contributed by atoms with Crippen molar-refractivity contribution in [3.8, 4) is 11.1 Å². The first-order valence-electron chi connectivity index (χ1n) is 10.4. The molecule has 2 heterocycles. The monoisotopic (exact) mass is 451 g/mol. The van der Waals surface area contributed by atoms with Crippen molar-refractivity contribution < 1.29 is 23.1 Å². The van der Waals surface area contributed by atoms with E-state index in [4.69, 9.17) is 5.73 Å². The Morgan fingerprint density at radius 3 is 2.78 bits per heavy atom. The van der Waals surface area contributed by atoms with Gasteiger partial charge in [0, 0.05) is 38.8 Å². The molecule has 0 bridgehead atoms. The van der Waals surface area contributed by atoms with E-state index in [1.807, 2.05) is 19.1 Å². The number of carbonyl (C=O) groups is 1. The van der Waals surface area contributed by atoms with Crippen molar-refractivity contribution in [3.63, 3.8) is 0 Å². The number of rotatable bonds is 6. The molecule has 1 aliphatic rings. The Bertz CT molecular complexity index is 967. The number of hydrogen-bond donors (Lipinski definition) is 3. The fraction of sp³-hybridized carbons (Fsp3) is 0.455. The summed E-state index contributed by atoms with van der Waals surface area (Å²) < 4.78 is 37.9. The number of halogens is 3. The van der Waals surface area contributed by atoms with Crippen molar-refractivity contribution in [2.45, 2.75) is 25.9 Å². The van der Waals surface area contributed by atoms with Crippen LogP contribution in [0.2, 0.25) is 0 Å². The van der Waals surface area contributed by atoms with Gasteiger partial charge in [0.1, 0.15) is 11.6 Å². The molecule has 1 saturated heterocycles. The van der Waals surface area contributed by atoms with Gasteiger partial charge in [-0.15, -0.1) is 0 Å². The summed E-state index contributed by atoms with van der Waals surface area (Å²) in [5.74, 6) is 0.364. The van der Waals surface area contributed by atoms with Crippen LogP contribution in [0.4, 0.5) is 35.3 Å². The van der Waals surface area contributed by atoms with Gasteiger partial charge in [-0.25, -0.2) is 9.78 Å². The smallest absolute Gasteiger partial charge is 0.389 e.